The highest BCUT2D eigenvalue weighted by Crippen LogP contribution is 2.37. The van der Waals surface area contributed by atoms with Crippen molar-refractivity contribution < 1.29 is 9.53 Å². The van der Waals surface area contributed by atoms with Gasteiger partial charge in [-0.05, 0) is 44.7 Å². The Labute approximate surface area is 119 Å². The lowest BCUT2D eigenvalue weighted by molar-refractivity contribution is 0.0526. The summed E-state index contributed by atoms with van der Waals surface area (Å²) in [5.41, 5.74) is 6.60. The van der Waals surface area contributed by atoms with Crippen LogP contribution >= 0.6 is 0 Å². The van der Waals surface area contributed by atoms with E-state index >= 15 is 0 Å². The van der Waals surface area contributed by atoms with Gasteiger partial charge in [-0.15, -0.1) is 0 Å². The van der Waals surface area contributed by atoms with Crippen LogP contribution < -0.4 is 10.6 Å². The van der Waals surface area contributed by atoms with E-state index in [0.717, 1.165) is 18.7 Å². The Kier molecular flexibility index (Phi) is 3.61. The molecule has 3 rings (SSSR count). The van der Waals surface area contributed by atoms with Crippen LogP contribution in [0.1, 0.15) is 43.0 Å². The average Bonchev–Trinajstić information content (AvgIpc) is 2.71. The summed E-state index contributed by atoms with van der Waals surface area (Å²) >= 11 is 0. The molecule has 1 aromatic heterocycles. The first-order valence-electron chi connectivity index (χ1n) is 7.36. The molecule has 0 aromatic carbocycles. The van der Waals surface area contributed by atoms with E-state index in [1.54, 1.807) is 19.2 Å². The minimum atomic E-state index is -0.310. The number of esters is 1. The Bertz CT molecular complexity index is 474. The third kappa shape index (κ3) is 2.38. The molecule has 0 unspecified atom stereocenters. The van der Waals surface area contributed by atoms with Gasteiger partial charge in [0.15, 0.2) is 0 Å². The molecule has 2 bridgehead atoms. The summed E-state index contributed by atoms with van der Waals surface area (Å²) in [4.78, 5) is 18.5. The van der Waals surface area contributed by atoms with Gasteiger partial charge in [0.2, 0.25) is 0 Å². The molecule has 2 saturated heterocycles. The van der Waals surface area contributed by atoms with Crippen molar-refractivity contribution in [1.29, 1.82) is 0 Å². The van der Waals surface area contributed by atoms with E-state index in [-0.39, 0.29) is 5.97 Å². The lowest BCUT2D eigenvalue weighted by Gasteiger charge is -2.38. The summed E-state index contributed by atoms with van der Waals surface area (Å²) in [5.74, 6) is 0.646. The first-order valence-corrected chi connectivity index (χ1v) is 7.36. The van der Waals surface area contributed by atoms with Crippen LogP contribution in [0, 0.1) is 0 Å². The van der Waals surface area contributed by atoms with Gasteiger partial charge in [0.05, 0.1) is 12.2 Å². The largest absolute Gasteiger partial charge is 0.462 e. The van der Waals surface area contributed by atoms with Crippen LogP contribution in [0.5, 0.6) is 0 Å². The van der Waals surface area contributed by atoms with Crippen LogP contribution in [0.15, 0.2) is 18.3 Å². The van der Waals surface area contributed by atoms with Crippen LogP contribution in [0.4, 0.5) is 5.82 Å². The predicted octanol–water partition coefficient (Wildman–Crippen LogP) is 1.72. The molecule has 1 aromatic rings. The number of pyridine rings is 1. The highest BCUT2D eigenvalue weighted by atomic mass is 16.5. The van der Waals surface area contributed by atoms with Crippen molar-refractivity contribution in [3.8, 4) is 0 Å². The number of rotatable bonds is 3. The van der Waals surface area contributed by atoms with Gasteiger partial charge < -0.3 is 15.4 Å². The topological polar surface area (TPSA) is 68.5 Å². The van der Waals surface area contributed by atoms with E-state index in [0.29, 0.717) is 30.3 Å². The van der Waals surface area contributed by atoms with Gasteiger partial charge in [-0.2, -0.15) is 0 Å². The van der Waals surface area contributed by atoms with Crippen molar-refractivity contribution in [2.75, 3.05) is 11.5 Å². The smallest absolute Gasteiger partial charge is 0.339 e. The number of carbonyl (C=O) groups is 1. The van der Waals surface area contributed by atoms with E-state index in [1.165, 1.54) is 12.8 Å². The molecule has 2 N–H and O–H groups in total. The maximum atomic E-state index is 11.6. The maximum absolute atomic E-state index is 11.6. The van der Waals surface area contributed by atoms with Crippen molar-refractivity contribution in [3.05, 3.63) is 23.9 Å². The highest BCUT2D eigenvalue weighted by molar-refractivity contribution is 5.89. The summed E-state index contributed by atoms with van der Waals surface area (Å²) in [5, 5.41) is 0. The zero-order valence-corrected chi connectivity index (χ0v) is 11.8. The number of piperidine rings is 1. The number of nitrogens with two attached hydrogens (primary N) is 1. The summed E-state index contributed by atoms with van der Waals surface area (Å²) in [6.45, 7) is 2.18. The van der Waals surface area contributed by atoms with Gasteiger partial charge >= 0.3 is 5.97 Å². The second kappa shape index (κ2) is 5.40. The lowest BCUT2D eigenvalue weighted by Crippen LogP contribution is -2.47. The number of hydrogen-bond donors (Lipinski definition) is 1. The van der Waals surface area contributed by atoms with Crippen LogP contribution in [0.25, 0.3) is 0 Å². The predicted molar refractivity (Wildman–Crippen MR) is 76.7 cm³/mol. The Morgan fingerprint density at radius 3 is 2.65 bits per heavy atom. The maximum Gasteiger partial charge on any atom is 0.339 e. The zero-order chi connectivity index (χ0) is 14.1. The molecule has 108 valence electrons. The first-order chi connectivity index (χ1) is 9.69. The van der Waals surface area contributed by atoms with E-state index in [4.69, 9.17) is 10.5 Å². The number of carbonyl (C=O) groups excluding carboxylic acids is 1. The Morgan fingerprint density at radius 2 is 2.10 bits per heavy atom. The second-order valence-corrected chi connectivity index (χ2v) is 5.65. The molecule has 2 aliphatic rings. The quantitative estimate of drug-likeness (QED) is 0.851. The molecule has 3 atom stereocenters. The molecular weight excluding hydrogens is 254 g/mol. The van der Waals surface area contributed by atoms with Crippen molar-refractivity contribution in [3.63, 3.8) is 0 Å². The van der Waals surface area contributed by atoms with E-state index < -0.39 is 0 Å². The number of anilines is 1. The molecule has 0 aliphatic carbocycles. The monoisotopic (exact) mass is 275 g/mol. The van der Waals surface area contributed by atoms with Crippen molar-refractivity contribution in [2.45, 2.75) is 50.7 Å². The van der Waals surface area contributed by atoms with Gasteiger partial charge in [-0.25, -0.2) is 9.78 Å². The molecule has 0 radical (unpaired) electrons. The van der Waals surface area contributed by atoms with Crippen molar-refractivity contribution in [2.24, 2.45) is 5.73 Å². The molecule has 0 saturated carbocycles. The van der Waals surface area contributed by atoms with Gasteiger partial charge in [0.1, 0.15) is 5.82 Å². The van der Waals surface area contributed by atoms with Crippen LogP contribution in [-0.2, 0) is 4.74 Å². The fourth-order valence-corrected chi connectivity index (χ4v) is 3.47. The summed E-state index contributed by atoms with van der Waals surface area (Å²) in [6.07, 6.45) is 6.08. The number of aromatic nitrogens is 1. The lowest BCUT2D eigenvalue weighted by atomic mass is 9.98. The summed E-state index contributed by atoms with van der Waals surface area (Å²) in [6, 6.07) is 5.06. The summed E-state index contributed by atoms with van der Waals surface area (Å²) < 4.78 is 4.97. The Hall–Kier alpha value is -1.62. The first kappa shape index (κ1) is 13.4. The Morgan fingerprint density at radius 1 is 1.40 bits per heavy atom. The molecule has 5 nitrogen and oxygen atoms in total. The van der Waals surface area contributed by atoms with Gasteiger partial charge in [-0.3, -0.25) is 0 Å². The fourth-order valence-electron chi connectivity index (χ4n) is 3.47. The summed E-state index contributed by atoms with van der Waals surface area (Å²) in [7, 11) is 0. The van der Waals surface area contributed by atoms with Crippen molar-refractivity contribution in [1.82, 2.24) is 4.98 Å². The third-order valence-electron chi connectivity index (χ3n) is 4.29. The third-order valence-corrected chi connectivity index (χ3v) is 4.29. The Balaban J connectivity index is 1.77. The molecule has 2 aliphatic heterocycles. The van der Waals surface area contributed by atoms with Crippen LogP contribution in [0.2, 0.25) is 0 Å². The normalized spacial score (nSPS) is 28.5. The molecular formula is C15H21N3O2. The fraction of sp³-hybridized carbons (Fsp3) is 0.600. The van der Waals surface area contributed by atoms with Crippen LogP contribution in [0.3, 0.4) is 0 Å². The molecule has 5 heteroatoms. The standard InChI is InChI=1S/C15H21N3O2/c1-2-20-15(19)10-3-6-14(17-9-10)18-12-4-5-13(18)8-11(16)7-12/h3,6,9,11-13H,2,4-5,7-8,16H2,1H3/t11-,12+,13-. The SMILES string of the molecule is CCOC(=O)c1ccc(N2[C@@H]3CC[C@H]2C[C@@H](N)C3)nc1. The number of nitrogens with zero attached hydrogens (tertiary/aromatic N) is 2. The van der Waals surface area contributed by atoms with Crippen molar-refractivity contribution >= 4 is 11.8 Å². The number of ether oxygens (including phenoxy) is 1. The number of hydrogen-bond acceptors (Lipinski definition) is 5. The minimum Gasteiger partial charge on any atom is -0.462 e. The molecule has 0 amide bonds. The molecule has 2 fully saturated rings. The van der Waals surface area contributed by atoms with E-state index in [2.05, 4.69) is 9.88 Å². The molecule has 0 spiro atoms. The van der Waals surface area contributed by atoms with Gasteiger partial charge in [-0.1, -0.05) is 0 Å². The van der Waals surface area contributed by atoms with Gasteiger partial charge in [0.25, 0.3) is 0 Å². The number of fused-ring (bicyclic) bond motifs is 2. The van der Waals surface area contributed by atoms with Gasteiger partial charge in [0, 0.05) is 24.3 Å². The van der Waals surface area contributed by atoms with E-state index in [1.807, 2.05) is 6.07 Å². The zero-order valence-electron chi connectivity index (χ0n) is 11.8. The average molecular weight is 275 g/mol. The minimum absolute atomic E-state index is 0.310. The highest BCUT2D eigenvalue weighted by Gasteiger charge is 2.40. The second-order valence-electron chi connectivity index (χ2n) is 5.65. The van der Waals surface area contributed by atoms with Crippen LogP contribution in [-0.4, -0.2) is 35.7 Å². The van der Waals surface area contributed by atoms with E-state index in [9.17, 15) is 4.79 Å². The molecule has 20 heavy (non-hydrogen) atoms. The molecule has 3 heterocycles.